The molecule has 0 saturated carbocycles. The van der Waals surface area contributed by atoms with Crippen LogP contribution in [-0.4, -0.2) is 58.2 Å². The van der Waals surface area contributed by atoms with Crippen molar-refractivity contribution in [1.82, 2.24) is 19.9 Å². The lowest BCUT2D eigenvalue weighted by Gasteiger charge is -2.26. The number of benzene rings is 1. The lowest BCUT2D eigenvalue weighted by Crippen LogP contribution is -2.39. The highest BCUT2D eigenvalue weighted by atomic mass is 16.5. The minimum atomic E-state index is -0.0812. The zero-order chi connectivity index (χ0) is 17.8. The van der Waals surface area contributed by atoms with Crippen LogP contribution in [0.3, 0.4) is 0 Å². The number of nitrogens with zero attached hydrogens (tertiary/aromatic N) is 4. The summed E-state index contributed by atoms with van der Waals surface area (Å²) < 4.78 is 5.05. The highest BCUT2D eigenvalue weighted by Crippen LogP contribution is 2.26. The van der Waals surface area contributed by atoms with Gasteiger partial charge in [0.2, 0.25) is 11.7 Å². The molecule has 1 unspecified atom stereocenters. The summed E-state index contributed by atoms with van der Waals surface area (Å²) in [5.41, 5.74) is 1.45. The third kappa shape index (κ3) is 3.82. The number of likely N-dealkylation sites (N-methyl/N-ethyl adjacent to an activating group) is 1. The number of amides is 2. The molecule has 2 heterocycles. The summed E-state index contributed by atoms with van der Waals surface area (Å²) >= 11 is 0. The predicted octanol–water partition coefficient (Wildman–Crippen LogP) is 2.99. The van der Waals surface area contributed by atoms with Gasteiger partial charge in [0.25, 0.3) is 0 Å². The first-order valence-electron chi connectivity index (χ1n) is 8.82. The van der Waals surface area contributed by atoms with Crippen molar-refractivity contribution >= 4 is 11.7 Å². The Morgan fingerprint density at radius 1 is 1.36 bits per heavy atom. The van der Waals surface area contributed by atoms with Gasteiger partial charge in [-0.25, -0.2) is 4.79 Å². The van der Waals surface area contributed by atoms with E-state index >= 15 is 0 Å². The third-order valence-corrected chi connectivity index (χ3v) is 4.72. The second-order valence-corrected chi connectivity index (χ2v) is 6.22. The Kier molecular flexibility index (Phi) is 5.33. The first-order chi connectivity index (χ1) is 12.1. The molecule has 0 bridgehead atoms. The fraction of sp³-hybridized carbons (Fsp3) is 0.500. The first-order valence-corrected chi connectivity index (χ1v) is 8.82. The normalized spacial score (nSPS) is 17.3. The second kappa shape index (κ2) is 7.65. The van der Waals surface area contributed by atoms with Crippen LogP contribution in [0, 0.1) is 6.92 Å². The number of carbonyl (C=O) groups excluding carboxylic acids is 1. The number of carbonyl (C=O) groups is 1. The molecule has 3 rings (SSSR count). The summed E-state index contributed by atoms with van der Waals surface area (Å²) in [5.74, 6) is 0.980. The van der Waals surface area contributed by atoms with Crippen molar-refractivity contribution in [2.24, 2.45) is 0 Å². The van der Waals surface area contributed by atoms with E-state index in [0.29, 0.717) is 23.4 Å². The molecule has 25 heavy (non-hydrogen) atoms. The number of aryl methyl sites for hydroxylation is 1. The molecule has 1 aromatic heterocycles. The number of hydrogen-bond acceptors (Lipinski definition) is 5. The van der Waals surface area contributed by atoms with E-state index in [1.165, 1.54) is 0 Å². The van der Waals surface area contributed by atoms with Gasteiger partial charge >= 0.3 is 6.03 Å². The summed E-state index contributed by atoms with van der Waals surface area (Å²) in [6.45, 7) is 9.63. The molecule has 7 nitrogen and oxygen atoms in total. The molecule has 1 saturated heterocycles. The monoisotopic (exact) mass is 343 g/mol. The molecule has 7 heteroatoms. The summed E-state index contributed by atoms with van der Waals surface area (Å²) in [6, 6.07) is 7.87. The Morgan fingerprint density at radius 3 is 2.80 bits per heavy atom. The Bertz CT molecular complexity index is 726. The van der Waals surface area contributed by atoms with E-state index in [1.54, 1.807) is 6.92 Å². The second-order valence-electron chi connectivity index (χ2n) is 6.22. The van der Waals surface area contributed by atoms with Gasteiger partial charge in [-0.2, -0.15) is 4.98 Å². The van der Waals surface area contributed by atoms with Crippen LogP contribution >= 0.6 is 0 Å². The zero-order valence-electron chi connectivity index (χ0n) is 15.0. The first kappa shape index (κ1) is 17.4. The number of likely N-dealkylation sites (tertiary alicyclic amines) is 1. The number of nitrogens with one attached hydrogen (secondary N) is 1. The number of hydrogen-bond donors (Lipinski definition) is 1. The van der Waals surface area contributed by atoms with Crippen LogP contribution < -0.4 is 5.32 Å². The Balaban J connectivity index is 1.70. The van der Waals surface area contributed by atoms with Crippen molar-refractivity contribution in [3.8, 4) is 11.4 Å². The minimum absolute atomic E-state index is 0.0812. The van der Waals surface area contributed by atoms with Crippen LogP contribution in [-0.2, 0) is 0 Å². The van der Waals surface area contributed by atoms with Crippen molar-refractivity contribution in [3.63, 3.8) is 0 Å². The van der Waals surface area contributed by atoms with Crippen LogP contribution in [0.25, 0.3) is 11.4 Å². The van der Waals surface area contributed by atoms with Gasteiger partial charge in [-0.3, -0.25) is 4.90 Å². The fourth-order valence-corrected chi connectivity index (χ4v) is 3.35. The Labute approximate surface area is 148 Å². The van der Waals surface area contributed by atoms with E-state index in [4.69, 9.17) is 4.52 Å². The molecule has 1 atom stereocenters. The van der Waals surface area contributed by atoms with Gasteiger partial charge in [-0.15, -0.1) is 0 Å². The standard InChI is InChI=1S/C18H25N5O2/c1-4-22(5-2)14-10-11-23(12-14)18(24)20-16-9-7-6-8-15(16)17-19-13(3)25-21-17/h6-9,14H,4-5,10-12H2,1-3H3,(H,20,24). The summed E-state index contributed by atoms with van der Waals surface area (Å²) in [4.78, 5) is 21.2. The third-order valence-electron chi connectivity index (χ3n) is 4.72. The van der Waals surface area contributed by atoms with Crippen molar-refractivity contribution in [2.45, 2.75) is 33.2 Å². The number of rotatable bonds is 5. The highest BCUT2D eigenvalue weighted by molar-refractivity contribution is 5.93. The number of urea groups is 1. The molecule has 0 radical (unpaired) electrons. The van der Waals surface area contributed by atoms with Gasteiger partial charge in [-0.05, 0) is 31.6 Å². The number of para-hydroxylation sites is 1. The summed E-state index contributed by atoms with van der Waals surface area (Å²) in [5, 5.41) is 6.95. The zero-order valence-corrected chi connectivity index (χ0v) is 15.0. The van der Waals surface area contributed by atoms with Gasteiger partial charge in [-0.1, -0.05) is 31.1 Å². The van der Waals surface area contributed by atoms with Crippen molar-refractivity contribution in [1.29, 1.82) is 0 Å². The van der Waals surface area contributed by atoms with Crippen molar-refractivity contribution in [3.05, 3.63) is 30.2 Å². The molecule has 2 aromatic rings. The summed E-state index contributed by atoms with van der Waals surface area (Å²) in [6.07, 6.45) is 1.01. The average Bonchev–Trinajstić information content (AvgIpc) is 3.26. The minimum Gasteiger partial charge on any atom is -0.339 e. The summed E-state index contributed by atoms with van der Waals surface area (Å²) in [7, 11) is 0. The highest BCUT2D eigenvalue weighted by Gasteiger charge is 2.29. The van der Waals surface area contributed by atoms with E-state index in [1.807, 2.05) is 29.2 Å². The van der Waals surface area contributed by atoms with Crippen LogP contribution in [0.2, 0.25) is 0 Å². The van der Waals surface area contributed by atoms with Gasteiger partial charge in [0, 0.05) is 31.6 Å². The lowest BCUT2D eigenvalue weighted by atomic mass is 10.1. The lowest BCUT2D eigenvalue weighted by molar-refractivity contribution is 0.202. The fourth-order valence-electron chi connectivity index (χ4n) is 3.35. The molecule has 2 amide bonds. The quantitative estimate of drug-likeness (QED) is 0.903. The smallest absolute Gasteiger partial charge is 0.321 e. The van der Waals surface area contributed by atoms with E-state index in [-0.39, 0.29) is 6.03 Å². The van der Waals surface area contributed by atoms with E-state index in [9.17, 15) is 4.79 Å². The van der Waals surface area contributed by atoms with Crippen LogP contribution in [0.4, 0.5) is 10.5 Å². The Morgan fingerprint density at radius 2 is 2.12 bits per heavy atom. The van der Waals surface area contributed by atoms with Crippen LogP contribution in [0.1, 0.15) is 26.2 Å². The Hall–Kier alpha value is -2.41. The molecule has 134 valence electrons. The molecule has 1 aliphatic heterocycles. The molecular formula is C18H25N5O2. The van der Waals surface area contributed by atoms with Gasteiger partial charge < -0.3 is 14.7 Å². The van der Waals surface area contributed by atoms with Gasteiger partial charge in [0.15, 0.2) is 0 Å². The van der Waals surface area contributed by atoms with Gasteiger partial charge in [0.1, 0.15) is 0 Å². The molecule has 0 aliphatic carbocycles. The van der Waals surface area contributed by atoms with E-state index < -0.39 is 0 Å². The molecule has 1 aliphatic rings. The topological polar surface area (TPSA) is 74.5 Å². The molecule has 1 N–H and O–H groups in total. The van der Waals surface area contributed by atoms with Crippen molar-refractivity contribution < 1.29 is 9.32 Å². The maximum atomic E-state index is 12.7. The number of anilines is 1. The molecule has 0 spiro atoms. The largest absolute Gasteiger partial charge is 0.339 e. The van der Waals surface area contributed by atoms with Crippen molar-refractivity contribution in [2.75, 3.05) is 31.5 Å². The molecule has 1 fully saturated rings. The SMILES string of the molecule is CCN(CC)C1CCN(C(=O)Nc2ccccc2-c2noc(C)n2)C1. The average molecular weight is 343 g/mol. The van der Waals surface area contributed by atoms with E-state index in [2.05, 4.69) is 34.2 Å². The molecule has 1 aromatic carbocycles. The van der Waals surface area contributed by atoms with E-state index in [0.717, 1.165) is 38.2 Å². The maximum absolute atomic E-state index is 12.7. The van der Waals surface area contributed by atoms with Crippen LogP contribution in [0.15, 0.2) is 28.8 Å². The van der Waals surface area contributed by atoms with Crippen LogP contribution in [0.5, 0.6) is 0 Å². The predicted molar refractivity (Wildman–Crippen MR) is 96.4 cm³/mol. The molecular weight excluding hydrogens is 318 g/mol. The van der Waals surface area contributed by atoms with Gasteiger partial charge in [0.05, 0.1) is 5.69 Å². The number of aromatic nitrogens is 2. The maximum Gasteiger partial charge on any atom is 0.321 e.